The molecule has 1 heterocycles. The number of rotatable bonds is 7. The van der Waals surface area contributed by atoms with Crippen LogP contribution in [-0.4, -0.2) is 31.6 Å². The van der Waals surface area contributed by atoms with Crippen molar-refractivity contribution in [1.29, 1.82) is 0 Å². The summed E-state index contributed by atoms with van der Waals surface area (Å²) in [7, 11) is 0. The van der Waals surface area contributed by atoms with Gasteiger partial charge in [0.25, 0.3) is 0 Å². The van der Waals surface area contributed by atoms with Gasteiger partial charge in [-0.1, -0.05) is 27.7 Å². The van der Waals surface area contributed by atoms with Crippen molar-refractivity contribution in [2.24, 2.45) is 0 Å². The van der Waals surface area contributed by atoms with Crippen LogP contribution in [-0.2, 0) is 17.9 Å². The van der Waals surface area contributed by atoms with Crippen LogP contribution in [0.3, 0.4) is 0 Å². The number of carboxylic acid groups (broad SMARTS) is 1. The summed E-state index contributed by atoms with van der Waals surface area (Å²) in [4.78, 5) is 10.7. The van der Waals surface area contributed by atoms with Crippen molar-refractivity contribution >= 4 is 33.7 Å². The number of ether oxygens (including phenoxy) is 1. The van der Waals surface area contributed by atoms with Gasteiger partial charge >= 0.3 is 5.97 Å². The Morgan fingerprint density at radius 3 is 2.57 bits per heavy atom. The van der Waals surface area contributed by atoms with E-state index >= 15 is 0 Å². The molecule has 0 aliphatic carbocycles. The normalized spacial score (nSPS) is 10.8. The molecule has 0 atom stereocenters. The molecule has 2 rings (SSSR count). The Hall–Kier alpha value is -1.54. The van der Waals surface area contributed by atoms with E-state index in [0.717, 1.165) is 33.1 Å². The topological polar surface area (TPSA) is 77.2 Å². The fraction of sp³-hybridized carbons (Fsp3) is 0.400. The molecule has 0 amide bonds. The number of aryl methyl sites for hydroxylation is 2. The molecule has 8 heteroatoms. The molecule has 1 aromatic carbocycles. The van der Waals surface area contributed by atoms with Gasteiger partial charge in [0.15, 0.2) is 11.0 Å². The predicted molar refractivity (Wildman–Crippen MR) is 92.0 cm³/mol. The zero-order valence-electron chi connectivity index (χ0n) is 13.2. The molecule has 1 N–H and O–H groups in total. The second-order valence-electron chi connectivity index (χ2n) is 4.98. The average molecular weight is 400 g/mol. The van der Waals surface area contributed by atoms with E-state index in [1.807, 2.05) is 37.5 Å². The number of aromatic nitrogens is 3. The highest BCUT2D eigenvalue weighted by Gasteiger charge is 2.14. The molecule has 0 radical (unpaired) electrons. The maximum absolute atomic E-state index is 10.7. The molecule has 23 heavy (non-hydrogen) atoms. The van der Waals surface area contributed by atoms with Gasteiger partial charge in [0, 0.05) is 11.0 Å². The van der Waals surface area contributed by atoms with Crippen LogP contribution in [0.25, 0.3) is 0 Å². The van der Waals surface area contributed by atoms with Crippen LogP contribution < -0.4 is 4.74 Å². The SMILES string of the molecule is CCn1c(COc2c(C)cc(Br)cc2C)nnc1SCC(=O)O. The van der Waals surface area contributed by atoms with Crippen LogP contribution in [0, 0.1) is 13.8 Å². The lowest BCUT2D eigenvalue weighted by Gasteiger charge is -2.13. The third-order valence-electron chi connectivity index (χ3n) is 3.21. The Balaban J connectivity index is 2.13. The lowest BCUT2D eigenvalue weighted by molar-refractivity contribution is -0.133. The summed E-state index contributed by atoms with van der Waals surface area (Å²) in [5.41, 5.74) is 2.08. The summed E-state index contributed by atoms with van der Waals surface area (Å²) >= 11 is 4.62. The second-order valence-corrected chi connectivity index (χ2v) is 6.84. The number of carbonyl (C=O) groups is 1. The van der Waals surface area contributed by atoms with Crippen molar-refractivity contribution in [3.05, 3.63) is 33.6 Å². The Labute approximate surface area is 147 Å². The van der Waals surface area contributed by atoms with Gasteiger partial charge in [-0.25, -0.2) is 0 Å². The van der Waals surface area contributed by atoms with Gasteiger partial charge in [0.1, 0.15) is 12.4 Å². The Bertz CT molecular complexity index is 695. The second kappa shape index (κ2) is 7.83. The highest BCUT2D eigenvalue weighted by atomic mass is 79.9. The fourth-order valence-electron chi connectivity index (χ4n) is 2.24. The number of thioether (sulfide) groups is 1. The highest BCUT2D eigenvalue weighted by molar-refractivity contribution is 9.10. The number of halogens is 1. The summed E-state index contributed by atoms with van der Waals surface area (Å²) < 4.78 is 8.81. The minimum absolute atomic E-state index is 0.0378. The minimum Gasteiger partial charge on any atom is -0.485 e. The van der Waals surface area contributed by atoms with Crippen molar-refractivity contribution in [2.45, 2.75) is 39.1 Å². The minimum atomic E-state index is -0.875. The molecule has 0 saturated heterocycles. The van der Waals surface area contributed by atoms with Crippen LogP contribution in [0.15, 0.2) is 21.8 Å². The molecule has 0 fully saturated rings. The first kappa shape index (κ1) is 17.8. The summed E-state index contributed by atoms with van der Waals surface area (Å²) in [6, 6.07) is 4.00. The lowest BCUT2D eigenvalue weighted by atomic mass is 10.1. The first-order valence-corrected chi connectivity index (χ1v) is 8.86. The molecular weight excluding hydrogens is 382 g/mol. The smallest absolute Gasteiger partial charge is 0.313 e. The van der Waals surface area contributed by atoms with E-state index in [1.54, 1.807) is 0 Å². The van der Waals surface area contributed by atoms with Crippen LogP contribution in [0.2, 0.25) is 0 Å². The number of hydrogen-bond acceptors (Lipinski definition) is 5. The first-order chi connectivity index (χ1) is 10.9. The maximum Gasteiger partial charge on any atom is 0.313 e. The number of benzene rings is 1. The van der Waals surface area contributed by atoms with Crippen molar-refractivity contribution in [3.8, 4) is 5.75 Å². The predicted octanol–water partition coefficient (Wildman–Crippen LogP) is 3.43. The summed E-state index contributed by atoms with van der Waals surface area (Å²) in [5, 5.41) is 17.5. The maximum atomic E-state index is 10.7. The molecule has 0 saturated carbocycles. The Morgan fingerprint density at radius 2 is 2.00 bits per heavy atom. The number of nitrogens with zero attached hydrogens (tertiary/aromatic N) is 3. The van der Waals surface area contributed by atoms with Gasteiger partial charge in [0.05, 0.1) is 5.75 Å². The first-order valence-electron chi connectivity index (χ1n) is 7.08. The highest BCUT2D eigenvalue weighted by Crippen LogP contribution is 2.28. The molecule has 0 unspecified atom stereocenters. The van der Waals surface area contributed by atoms with Gasteiger partial charge in [-0.05, 0) is 44.0 Å². The largest absolute Gasteiger partial charge is 0.485 e. The zero-order valence-corrected chi connectivity index (χ0v) is 15.6. The van der Waals surface area contributed by atoms with E-state index in [2.05, 4.69) is 26.1 Å². The van der Waals surface area contributed by atoms with Gasteiger partial charge in [-0.2, -0.15) is 0 Å². The quantitative estimate of drug-likeness (QED) is 0.718. The molecule has 1 aromatic heterocycles. The molecule has 0 bridgehead atoms. The van der Waals surface area contributed by atoms with Crippen LogP contribution in [0.4, 0.5) is 0 Å². The van der Waals surface area contributed by atoms with Gasteiger partial charge in [0.2, 0.25) is 0 Å². The van der Waals surface area contributed by atoms with Gasteiger partial charge in [-0.15, -0.1) is 10.2 Å². The third-order valence-corrected chi connectivity index (χ3v) is 4.61. The van der Waals surface area contributed by atoms with Crippen LogP contribution in [0.1, 0.15) is 23.9 Å². The molecule has 124 valence electrons. The molecule has 0 aliphatic heterocycles. The summed E-state index contributed by atoms with van der Waals surface area (Å²) in [5.74, 6) is 0.601. The van der Waals surface area contributed by atoms with Crippen molar-refractivity contribution < 1.29 is 14.6 Å². The van der Waals surface area contributed by atoms with E-state index in [1.165, 1.54) is 0 Å². The van der Waals surface area contributed by atoms with E-state index in [4.69, 9.17) is 9.84 Å². The average Bonchev–Trinajstić information content (AvgIpc) is 2.86. The molecular formula is C15H18BrN3O3S. The van der Waals surface area contributed by atoms with Crippen LogP contribution in [0.5, 0.6) is 5.75 Å². The number of aliphatic carboxylic acids is 1. The Kier molecular flexibility index (Phi) is 6.06. The van der Waals surface area contributed by atoms with E-state index in [0.29, 0.717) is 17.5 Å². The lowest BCUT2D eigenvalue weighted by Crippen LogP contribution is -2.09. The van der Waals surface area contributed by atoms with E-state index < -0.39 is 5.97 Å². The summed E-state index contributed by atoms with van der Waals surface area (Å²) in [6.07, 6.45) is 0. The van der Waals surface area contributed by atoms with Gasteiger partial charge in [-0.3, -0.25) is 4.79 Å². The van der Waals surface area contributed by atoms with Crippen molar-refractivity contribution in [2.75, 3.05) is 5.75 Å². The standard InChI is InChI=1S/C15H18BrN3O3S/c1-4-19-12(17-18-15(19)23-8-13(20)21)7-22-14-9(2)5-11(16)6-10(14)3/h5-6H,4,7-8H2,1-3H3,(H,20,21). The van der Waals surface area contributed by atoms with Crippen molar-refractivity contribution in [3.63, 3.8) is 0 Å². The van der Waals surface area contributed by atoms with E-state index in [9.17, 15) is 4.79 Å². The Morgan fingerprint density at radius 1 is 1.35 bits per heavy atom. The van der Waals surface area contributed by atoms with Crippen molar-refractivity contribution in [1.82, 2.24) is 14.8 Å². The number of carboxylic acids is 1. The summed E-state index contributed by atoms with van der Waals surface area (Å²) in [6.45, 7) is 6.90. The molecule has 0 spiro atoms. The van der Waals surface area contributed by atoms with Gasteiger partial charge < -0.3 is 14.4 Å². The molecule has 6 nitrogen and oxygen atoms in total. The fourth-order valence-corrected chi connectivity index (χ4v) is 3.67. The molecule has 0 aliphatic rings. The molecule has 2 aromatic rings. The monoisotopic (exact) mass is 399 g/mol. The van der Waals surface area contributed by atoms with E-state index in [-0.39, 0.29) is 12.4 Å². The van der Waals surface area contributed by atoms with Crippen LogP contribution >= 0.6 is 27.7 Å². The third kappa shape index (κ3) is 4.48. The number of hydrogen-bond donors (Lipinski definition) is 1. The zero-order chi connectivity index (χ0) is 17.0.